The number of nitrogens with one attached hydrogen (secondary N) is 2. The Kier molecular flexibility index (Phi) is 8.57. The molecule has 3 aromatic heterocycles. The van der Waals surface area contributed by atoms with Gasteiger partial charge in [0, 0.05) is 29.9 Å². The fourth-order valence-corrected chi connectivity index (χ4v) is 4.69. The van der Waals surface area contributed by atoms with E-state index in [2.05, 4.69) is 44.7 Å². The van der Waals surface area contributed by atoms with E-state index in [1.807, 2.05) is 44.4 Å². The number of allylic oxidation sites excluding steroid dienone is 3. The van der Waals surface area contributed by atoms with Crippen molar-refractivity contribution in [2.45, 2.75) is 38.8 Å². The van der Waals surface area contributed by atoms with Crippen molar-refractivity contribution in [3.8, 4) is 11.4 Å². The maximum atomic E-state index is 12.5. The fourth-order valence-electron chi connectivity index (χ4n) is 3.16. The quantitative estimate of drug-likeness (QED) is 0.300. The second-order valence-electron chi connectivity index (χ2n) is 8.50. The second-order valence-corrected chi connectivity index (χ2v) is 10.2. The first-order valence-corrected chi connectivity index (χ1v) is 12.4. The Morgan fingerprint density at radius 3 is 2.65 bits per heavy atom. The highest BCUT2D eigenvalue weighted by molar-refractivity contribution is 9.10. The van der Waals surface area contributed by atoms with E-state index in [4.69, 9.17) is 14.7 Å². The molecule has 7 nitrogen and oxygen atoms in total. The Bertz CT molecular complexity index is 1200. The van der Waals surface area contributed by atoms with Crippen LogP contribution in [0, 0.1) is 0 Å². The van der Waals surface area contributed by atoms with Crippen LogP contribution in [0.1, 0.15) is 27.2 Å². The molecule has 1 atom stereocenters. The number of fused-ring (bicyclic) bond motifs is 1. The number of anilines is 1. The summed E-state index contributed by atoms with van der Waals surface area (Å²) in [6.45, 7) is 13.5. The largest absolute Gasteiger partial charge is 0.444 e. The van der Waals surface area contributed by atoms with E-state index < -0.39 is 11.7 Å². The molecule has 2 N–H and O–H groups in total. The molecule has 9 heteroatoms. The molecule has 0 fully saturated rings. The fraction of sp³-hybridized carbons (Fsp3) is 0.280. The molecule has 0 radical (unpaired) electrons. The van der Waals surface area contributed by atoms with Gasteiger partial charge in [0.1, 0.15) is 16.9 Å². The van der Waals surface area contributed by atoms with Gasteiger partial charge in [0.2, 0.25) is 0 Å². The molecule has 3 rings (SSSR count). The van der Waals surface area contributed by atoms with Gasteiger partial charge in [0.15, 0.2) is 5.82 Å². The first-order chi connectivity index (χ1) is 16.2. The van der Waals surface area contributed by atoms with Crippen LogP contribution >= 0.6 is 27.3 Å². The van der Waals surface area contributed by atoms with Crippen molar-refractivity contribution in [1.82, 2.24) is 20.3 Å². The van der Waals surface area contributed by atoms with Gasteiger partial charge in [-0.1, -0.05) is 31.4 Å². The maximum absolute atomic E-state index is 12.5. The SMILES string of the molecule is C=C/C=C(\C=C)CC(CNc1nc(-c2ccncc2)nc2c(Br)csc12)NC(=O)OC(C)(C)C. The number of pyridine rings is 1. The first-order valence-electron chi connectivity index (χ1n) is 10.7. The van der Waals surface area contributed by atoms with Crippen molar-refractivity contribution in [3.05, 3.63) is 71.3 Å². The van der Waals surface area contributed by atoms with Crippen molar-refractivity contribution in [1.29, 1.82) is 0 Å². The van der Waals surface area contributed by atoms with Gasteiger partial charge in [-0.25, -0.2) is 14.8 Å². The Balaban J connectivity index is 1.89. The zero-order valence-electron chi connectivity index (χ0n) is 19.5. The van der Waals surface area contributed by atoms with Crippen molar-refractivity contribution in [2.75, 3.05) is 11.9 Å². The zero-order chi connectivity index (χ0) is 24.7. The average molecular weight is 543 g/mol. The van der Waals surface area contributed by atoms with Crippen molar-refractivity contribution < 1.29 is 9.53 Å². The van der Waals surface area contributed by atoms with Crippen LogP contribution < -0.4 is 10.6 Å². The van der Waals surface area contributed by atoms with Crippen LogP contribution in [0.4, 0.5) is 10.6 Å². The molecule has 0 bridgehead atoms. The molecule has 34 heavy (non-hydrogen) atoms. The highest BCUT2D eigenvalue weighted by atomic mass is 79.9. The second kappa shape index (κ2) is 11.4. The molecule has 0 spiro atoms. The topological polar surface area (TPSA) is 89.0 Å². The predicted octanol–water partition coefficient (Wildman–Crippen LogP) is 6.51. The summed E-state index contributed by atoms with van der Waals surface area (Å²) in [4.78, 5) is 26.1. The number of hydrogen-bond acceptors (Lipinski definition) is 7. The van der Waals surface area contributed by atoms with Gasteiger partial charge in [0.05, 0.1) is 15.2 Å². The monoisotopic (exact) mass is 541 g/mol. The van der Waals surface area contributed by atoms with E-state index in [1.54, 1.807) is 35.9 Å². The van der Waals surface area contributed by atoms with Crippen LogP contribution in [0.2, 0.25) is 0 Å². The van der Waals surface area contributed by atoms with E-state index >= 15 is 0 Å². The van der Waals surface area contributed by atoms with Crippen LogP contribution in [0.3, 0.4) is 0 Å². The van der Waals surface area contributed by atoms with Gasteiger partial charge >= 0.3 is 6.09 Å². The molecular weight excluding hydrogens is 514 g/mol. The van der Waals surface area contributed by atoms with Crippen LogP contribution in [0.15, 0.2) is 71.3 Å². The lowest BCUT2D eigenvalue weighted by Crippen LogP contribution is -2.42. The summed E-state index contributed by atoms with van der Waals surface area (Å²) in [5.41, 5.74) is 2.04. The summed E-state index contributed by atoms with van der Waals surface area (Å²) in [7, 11) is 0. The van der Waals surface area contributed by atoms with Crippen molar-refractivity contribution >= 4 is 49.4 Å². The molecule has 3 aromatic rings. The number of amides is 1. The van der Waals surface area contributed by atoms with Crippen molar-refractivity contribution in [2.24, 2.45) is 0 Å². The number of hydrogen-bond donors (Lipinski definition) is 2. The molecule has 0 aromatic carbocycles. The van der Waals surface area contributed by atoms with Gasteiger partial charge in [0.25, 0.3) is 0 Å². The van der Waals surface area contributed by atoms with Gasteiger partial charge < -0.3 is 15.4 Å². The highest BCUT2D eigenvalue weighted by Crippen LogP contribution is 2.35. The molecule has 1 amide bonds. The standard InChI is InChI=1S/C25H28BrN5O2S/c1-6-8-16(7-2)13-18(29-24(32)33-25(3,4)5)14-28-23-21-20(19(26)15-34-21)30-22(31-23)17-9-11-27-12-10-17/h6-12,15,18H,1-2,13-14H2,3-5H3,(H,29,32)(H,28,30,31)/b16-8+. The number of carbonyl (C=O) groups is 1. The van der Waals surface area contributed by atoms with Crippen LogP contribution in [0.5, 0.6) is 0 Å². The van der Waals surface area contributed by atoms with E-state index in [0.29, 0.717) is 24.6 Å². The van der Waals surface area contributed by atoms with Gasteiger partial charge in [-0.15, -0.1) is 11.3 Å². The molecule has 178 valence electrons. The number of nitrogens with zero attached hydrogens (tertiary/aromatic N) is 3. The molecule has 0 saturated heterocycles. The summed E-state index contributed by atoms with van der Waals surface area (Å²) in [6, 6.07) is 3.46. The summed E-state index contributed by atoms with van der Waals surface area (Å²) in [5, 5.41) is 8.36. The molecule has 0 saturated carbocycles. The van der Waals surface area contributed by atoms with E-state index in [-0.39, 0.29) is 6.04 Å². The predicted molar refractivity (Wildman–Crippen MR) is 143 cm³/mol. The molecule has 1 unspecified atom stereocenters. The lowest BCUT2D eigenvalue weighted by atomic mass is 10.1. The summed E-state index contributed by atoms with van der Waals surface area (Å²) < 4.78 is 7.29. The van der Waals surface area contributed by atoms with Crippen LogP contribution in [-0.2, 0) is 4.74 Å². The van der Waals surface area contributed by atoms with Crippen molar-refractivity contribution in [3.63, 3.8) is 0 Å². The summed E-state index contributed by atoms with van der Waals surface area (Å²) >= 11 is 5.13. The Labute approximate surface area is 212 Å². The third kappa shape index (κ3) is 6.98. The normalized spacial score (nSPS) is 12.8. The number of thiophene rings is 1. The van der Waals surface area contributed by atoms with E-state index in [1.165, 1.54) is 0 Å². The molecule has 0 aliphatic heterocycles. The Hall–Kier alpha value is -3.04. The Morgan fingerprint density at radius 1 is 1.26 bits per heavy atom. The minimum Gasteiger partial charge on any atom is -0.444 e. The molecular formula is C25H28BrN5O2S. The molecule has 0 aliphatic rings. The lowest BCUT2D eigenvalue weighted by molar-refractivity contribution is 0.0507. The van der Waals surface area contributed by atoms with E-state index in [0.717, 1.165) is 25.8 Å². The third-order valence-electron chi connectivity index (χ3n) is 4.62. The molecule has 3 heterocycles. The first kappa shape index (κ1) is 25.6. The number of rotatable bonds is 9. The Morgan fingerprint density at radius 2 is 2.00 bits per heavy atom. The highest BCUT2D eigenvalue weighted by Gasteiger charge is 2.21. The smallest absolute Gasteiger partial charge is 0.407 e. The summed E-state index contributed by atoms with van der Waals surface area (Å²) in [6.07, 6.45) is 8.81. The van der Waals surface area contributed by atoms with Gasteiger partial charge in [-0.2, -0.15) is 0 Å². The van der Waals surface area contributed by atoms with Crippen LogP contribution in [-0.4, -0.2) is 39.2 Å². The van der Waals surface area contributed by atoms with Crippen LogP contribution in [0.25, 0.3) is 21.6 Å². The molecule has 0 aliphatic carbocycles. The number of carbonyl (C=O) groups excluding carboxylic acids is 1. The van der Waals surface area contributed by atoms with Gasteiger partial charge in [-0.3, -0.25) is 4.98 Å². The number of halogens is 1. The lowest BCUT2D eigenvalue weighted by Gasteiger charge is -2.24. The third-order valence-corrected chi connectivity index (χ3v) is 6.51. The minimum absolute atomic E-state index is 0.281. The van der Waals surface area contributed by atoms with E-state index in [9.17, 15) is 4.79 Å². The maximum Gasteiger partial charge on any atom is 0.407 e. The van der Waals surface area contributed by atoms with Gasteiger partial charge in [-0.05, 0) is 60.8 Å². The number of alkyl carbamates (subject to hydrolysis) is 1. The number of aromatic nitrogens is 3. The average Bonchev–Trinajstić information content (AvgIpc) is 3.17. The summed E-state index contributed by atoms with van der Waals surface area (Å²) in [5.74, 6) is 1.28. The minimum atomic E-state index is -0.595. The zero-order valence-corrected chi connectivity index (χ0v) is 21.9. The number of ether oxygens (including phenoxy) is 1.